The first-order chi connectivity index (χ1) is 12.2. The molecule has 0 unspecified atom stereocenters. The molecule has 3 aliphatic rings. The van der Waals surface area contributed by atoms with Crippen molar-refractivity contribution in [1.82, 2.24) is 15.5 Å². The molecular formula is C20H38N4O. The first-order valence-electron chi connectivity index (χ1n) is 10.5. The molecule has 0 saturated heterocycles. The maximum atomic E-state index is 5.30. The molecule has 3 fully saturated rings. The lowest BCUT2D eigenvalue weighted by Crippen LogP contribution is -2.43. The van der Waals surface area contributed by atoms with Crippen LogP contribution in [0, 0.1) is 11.3 Å². The summed E-state index contributed by atoms with van der Waals surface area (Å²) in [5.41, 5.74) is 0.393. The zero-order chi connectivity index (χ0) is 17.5. The van der Waals surface area contributed by atoms with Gasteiger partial charge >= 0.3 is 0 Å². The number of ether oxygens (including phenoxy) is 1. The average molecular weight is 351 g/mol. The second-order valence-corrected chi connectivity index (χ2v) is 8.39. The van der Waals surface area contributed by atoms with Crippen LogP contribution >= 0.6 is 0 Å². The average Bonchev–Trinajstić information content (AvgIpc) is 3.46. The minimum absolute atomic E-state index is 0.393. The van der Waals surface area contributed by atoms with Crippen LogP contribution in [-0.2, 0) is 4.74 Å². The summed E-state index contributed by atoms with van der Waals surface area (Å²) in [7, 11) is 1.80. The van der Waals surface area contributed by atoms with E-state index in [0.717, 1.165) is 57.1 Å². The first-order valence-corrected chi connectivity index (χ1v) is 10.5. The Morgan fingerprint density at radius 1 is 1.20 bits per heavy atom. The molecule has 0 aromatic heterocycles. The van der Waals surface area contributed by atoms with Gasteiger partial charge in [-0.15, -0.1) is 0 Å². The first kappa shape index (κ1) is 19.0. The van der Waals surface area contributed by atoms with Crippen molar-refractivity contribution in [1.29, 1.82) is 0 Å². The summed E-state index contributed by atoms with van der Waals surface area (Å²) in [6.07, 6.45) is 10.8. The fourth-order valence-electron chi connectivity index (χ4n) is 3.88. The molecule has 0 atom stereocenters. The van der Waals surface area contributed by atoms with Crippen molar-refractivity contribution in [3.05, 3.63) is 0 Å². The Morgan fingerprint density at radius 3 is 2.56 bits per heavy atom. The second-order valence-electron chi connectivity index (χ2n) is 8.39. The molecule has 0 bridgehead atoms. The quantitative estimate of drug-likeness (QED) is 0.420. The Bertz CT molecular complexity index is 427. The minimum atomic E-state index is 0.393. The molecule has 0 heterocycles. The smallest absolute Gasteiger partial charge is 0.191 e. The van der Waals surface area contributed by atoms with E-state index in [1.165, 1.54) is 51.5 Å². The zero-order valence-corrected chi connectivity index (χ0v) is 16.4. The lowest BCUT2D eigenvalue weighted by molar-refractivity contribution is 0.0778. The number of nitrogens with zero attached hydrogens (tertiary/aromatic N) is 2. The third-order valence-electron chi connectivity index (χ3n) is 6.11. The maximum Gasteiger partial charge on any atom is 0.191 e. The summed E-state index contributed by atoms with van der Waals surface area (Å²) in [4.78, 5) is 7.62. The molecule has 144 valence electrons. The van der Waals surface area contributed by atoms with Crippen molar-refractivity contribution in [2.24, 2.45) is 16.3 Å². The number of methoxy groups -OCH3 is 1. The summed E-state index contributed by atoms with van der Waals surface area (Å²) in [6.45, 7) is 8.33. The van der Waals surface area contributed by atoms with E-state index in [4.69, 9.17) is 9.73 Å². The van der Waals surface area contributed by atoms with Crippen LogP contribution in [-0.4, -0.2) is 63.3 Å². The second kappa shape index (κ2) is 9.22. The monoisotopic (exact) mass is 350 g/mol. The van der Waals surface area contributed by atoms with E-state index >= 15 is 0 Å². The normalized spacial score (nSPS) is 22.8. The van der Waals surface area contributed by atoms with Crippen LogP contribution < -0.4 is 10.6 Å². The van der Waals surface area contributed by atoms with Crippen LogP contribution in [0.4, 0.5) is 0 Å². The standard InChI is InChI=1S/C20H38N4O/c1-3-21-19(23-16-20(9-4-10-20)11-14-25-2)22-12-13-24(18-7-8-18)15-17-5-6-17/h17-18H,3-16H2,1-2H3,(H2,21,22,23). The lowest BCUT2D eigenvalue weighted by atomic mass is 9.67. The van der Waals surface area contributed by atoms with Gasteiger partial charge in [-0.3, -0.25) is 9.89 Å². The maximum absolute atomic E-state index is 5.30. The zero-order valence-electron chi connectivity index (χ0n) is 16.4. The Balaban J connectivity index is 1.43. The predicted molar refractivity (Wildman–Crippen MR) is 104 cm³/mol. The van der Waals surface area contributed by atoms with Gasteiger partial charge in [0.1, 0.15) is 0 Å². The SMILES string of the molecule is CCNC(=NCC1(CCOC)CCC1)NCCN(CC1CC1)C1CC1. The minimum Gasteiger partial charge on any atom is -0.385 e. The van der Waals surface area contributed by atoms with E-state index in [-0.39, 0.29) is 0 Å². The molecule has 2 N–H and O–H groups in total. The molecule has 0 aromatic rings. The molecule has 0 spiro atoms. The molecule has 0 aromatic carbocycles. The van der Waals surface area contributed by atoms with Crippen molar-refractivity contribution in [3.8, 4) is 0 Å². The van der Waals surface area contributed by atoms with Crippen molar-refractivity contribution in [2.45, 2.75) is 64.3 Å². The third kappa shape index (κ3) is 6.14. The van der Waals surface area contributed by atoms with Gasteiger partial charge in [0, 0.05) is 52.5 Å². The Hall–Kier alpha value is -0.810. The largest absolute Gasteiger partial charge is 0.385 e. The highest BCUT2D eigenvalue weighted by atomic mass is 16.5. The van der Waals surface area contributed by atoms with Crippen molar-refractivity contribution >= 4 is 5.96 Å². The molecule has 3 saturated carbocycles. The number of nitrogens with one attached hydrogen (secondary N) is 2. The van der Waals surface area contributed by atoms with E-state index in [2.05, 4.69) is 22.5 Å². The summed E-state index contributed by atoms with van der Waals surface area (Å²) in [5.74, 6) is 1.98. The molecule has 25 heavy (non-hydrogen) atoms. The van der Waals surface area contributed by atoms with Crippen molar-refractivity contribution in [3.63, 3.8) is 0 Å². The van der Waals surface area contributed by atoms with Crippen LogP contribution in [0.15, 0.2) is 4.99 Å². The van der Waals surface area contributed by atoms with E-state index < -0.39 is 0 Å². The Kier molecular flexibility index (Phi) is 7.00. The van der Waals surface area contributed by atoms with Gasteiger partial charge in [0.2, 0.25) is 0 Å². The summed E-state index contributed by atoms with van der Waals surface area (Å²) in [6, 6.07) is 0.870. The van der Waals surface area contributed by atoms with Gasteiger partial charge in [-0.05, 0) is 63.2 Å². The van der Waals surface area contributed by atoms with E-state index in [9.17, 15) is 0 Å². The molecule has 0 radical (unpaired) electrons. The van der Waals surface area contributed by atoms with Gasteiger partial charge in [0.15, 0.2) is 5.96 Å². The predicted octanol–water partition coefficient (Wildman–Crippen LogP) is 2.62. The number of aliphatic imine (C=N–C) groups is 1. The van der Waals surface area contributed by atoms with E-state index in [0.29, 0.717) is 5.41 Å². The van der Waals surface area contributed by atoms with E-state index in [1.54, 1.807) is 7.11 Å². The highest BCUT2D eigenvalue weighted by Gasteiger charge is 2.36. The molecule has 3 rings (SSSR count). The summed E-state index contributed by atoms with van der Waals surface area (Å²) in [5, 5.41) is 6.99. The highest BCUT2D eigenvalue weighted by molar-refractivity contribution is 5.79. The molecule has 0 aliphatic heterocycles. The Labute approximate surface area is 154 Å². The van der Waals surface area contributed by atoms with Gasteiger partial charge < -0.3 is 15.4 Å². The highest BCUT2D eigenvalue weighted by Crippen LogP contribution is 2.44. The van der Waals surface area contributed by atoms with Crippen LogP contribution in [0.1, 0.15) is 58.3 Å². The number of rotatable bonds is 12. The van der Waals surface area contributed by atoms with Gasteiger partial charge in [-0.2, -0.15) is 0 Å². The number of hydrogen-bond donors (Lipinski definition) is 2. The van der Waals surface area contributed by atoms with E-state index in [1.807, 2.05) is 0 Å². The van der Waals surface area contributed by atoms with Gasteiger partial charge in [0.25, 0.3) is 0 Å². The van der Waals surface area contributed by atoms with Crippen LogP contribution in [0.2, 0.25) is 0 Å². The summed E-state index contributed by atoms with van der Waals surface area (Å²) < 4.78 is 5.30. The van der Waals surface area contributed by atoms with Gasteiger partial charge in [-0.1, -0.05) is 6.42 Å². The molecule has 3 aliphatic carbocycles. The van der Waals surface area contributed by atoms with Crippen LogP contribution in [0.25, 0.3) is 0 Å². The molecule has 0 amide bonds. The number of hydrogen-bond acceptors (Lipinski definition) is 3. The Morgan fingerprint density at radius 2 is 2.00 bits per heavy atom. The van der Waals surface area contributed by atoms with Crippen molar-refractivity contribution in [2.75, 3.05) is 46.4 Å². The summed E-state index contributed by atoms with van der Waals surface area (Å²) >= 11 is 0. The number of guanidine groups is 1. The van der Waals surface area contributed by atoms with Crippen molar-refractivity contribution < 1.29 is 4.74 Å². The topological polar surface area (TPSA) is 48.9 Å². The van der Waals surface area contributed by atoms with Crippen LogP contribution in [0.5, 0.6) is 0 Å². The third-order valence-corrected chi connectivity index (χ3v) is 6.11. The fourth-order valence-corrected chi connectivity index (χ4v) is 3.88. The van der Waals surface area contributed by atoms with Gasteiger partial charge in [-0.25, -0.2) is 0 Å². The lowest BCUT2D eigenvalue weighted by Gasteiger charge is -2.40. The molecule has 5 nitrogen and oxygen atoms in total. The van der Waals surface area contributed by atoms with Crippen LogP contribution in [0.3, 0.4) is 0 Å². The molecule has 5 heteroatoms. The molecular weight excluding hydrogens is 312 g/mol. The fraction of sp³-hybridized carbons (Fsp3) is 0.950. The van der Waals surface area contributed by atoms with Gasteiger partial charge in [0.05, 0.1) is 0 Å².